The minimum absolute atomic E-state index is 0.292. The number of benzene rings is 1. The van der Waals surface area contributed by atoms with Crippen LogP contribution in [0.15, 0.2) is 27.8 Å². The van der Waals surface area contributed by atoms with Crippen LogP contribution in [0.2, 0.25) is 0 Å². The number of carbonyl (C=O) groups is 1. The van der Waals surface area contributed by atoms with Crippen molar-refractivity contribution in [3.63, 3.8) is 0 Å². The monoisotopic (exact) mass is 359 g/mol. The lowest BCUT2D eigenvalue weighted by molar-refractivity contribution is 0.210. The highest BCUT2D eigenvalue weighted by molar-refractivity contribution is 5.88. The van der Waals surface area contributed by atoms with Gasteiger partial charge in [0.1, 0.15) is 0 Å². The van der Waals surface area contributed by atoms with Crippen molar-refractivity contribution in [2.45, 2.75) is 58.5 Å². The molecular weight excluding hydrogens is 334 g/mol. The Morgan fingerprint density at radius 1 is 1.19 bits per heavy atom. The Kier molecular flexibility index (Phi) is 5.44. The van der Waals surface area contributed by atoms with Gasteiger partial charge in [-0.1, -0.05) is 32.1 Å². The molecule has 1 heterocycles. The van der Waals surface area contributed by atoms with Gasteiger partial charge in [0.15, 0.2) is 0 Å². The molecule has 0 spiro atoms. The van der Waals surface area contributed by atoms with Gasteiger partial charge in [0, 0.05) is 18.8 Å². The summed E-state index contributed by atoms with van der Waals surface area (Å²) in [6.45, 7) is 2.72. The van der Waals surface area contributed by atoms with Crippen LogP contribution in [0.4, 0.5) is 10.5 Å². The molecule has 1 aliphatic rings. The van der Waals surface area contributed by atoms with Crippen LogP contribution in [0.1, 0.15) is 45.4 Å². The van der Waals surface area contributed by atoms with Crippen LogP contribution in [0.5, 0.6) is 0 Å². The van der Waals surface area contributed by atoms with Crippen molar-refractivity contribution < 1.29 is 9.90 Å². The highest BCUT2D eigenvalue weighted by atomic mass is 16.4. The van der Waals surface area contributed by atoms with Gasteiger partial charge < -0.3 is 5.11 Å². The summed E-state index contributed by atoms with van der Waals surface area (Å²) in [5, 5.41) is 11.5. The highest BCUT2D eigenvalue weighted by Gasteiger charge is 2.17. The zero-order chi connectivity index (χ0) is 18.7. The number of nitrogens with one attached hydrogen (secondary N) is 1. The van der Waals surface area contributed by atoms with Crippen LogP contribution < -0.4 is 16.6 Å². The Morgan fingerprint density at radius 2 is 1.92 bits per heavy atom. The standard InChI is InChI=1S/C19H25N3O4/c1-2-21-16-9-8-14(20-18(24)25)12-15(16)17(23)22(19(21)26)11-10-13-6-4-3-5-7-13/h8-9,12-13,20H,2-7,10-11H2,1H3,(H,24,25). The zero-order valence-electron chi connectivity index (χ0n) is 15.0. The molecule has 7 nitrogen and oxygen atoms in total. The van der Waals surface area contributed by atoms with E-state index in [1.54, 1.807) is 16.7 Å². The summed E-state index contributed by atoms with van der Waals surface area (Å²) in [5.41, 5.74) is 0.217. The van der Waals surface area contributed by atoms with Gasteiger partial charge in [-0.2, -0.15) is 0 Å². The quantitative estimate of drug-likeness (QED) is 0.857. The molecule has 2 aromatic rings. The molecule has 2 N–H and O–H groups in total. The smallest absolute Gasteiger partial charge is 0.409 e. The highest BCUT2D eigenvalue weighted by Crippen LogP contribution is 2.26. The molecule has 1 aliphatic carbocycles. The Morgan fingerprint density at radius 3 is 2.58 bits per heavy atom. The second-order valence-corrected chi connectivity index (χ2v) is 6.94. The van der Waals surface area contributed by atoms with Gasteiger partial charge in [0.25, 0.3) is 5.56 Å². The van der Waals surface area contributed by atoms with Crippen LogP contribution in [0.25, 0.3) is 10.9 Å². The summed E-state index contributed by atoms with van der Waals surface area (Å²) >= 11 is 0. The third-order valence-electron chi connectivity index (χ3n) is 5.28. The number of hydrogen-bond donors (Lipinski definition) is 2. The van der Waals surface area contributed by atoms with Gasteiger partial charge in [-0.05, 0) is 37.5 Å². The van der Waals surface area contributed by atoms with Crippen molar-refractivity contribution in [3.05, 3.63) is 39.0 Å². The number of carboxylic acid groups (broad SMARTS) is 1. The van der Waals surface area contributed by atoms with Gasteiger partial charge in [0.2, 0.25) is 0 Å². The minimum Gasteiger partial charge on any atom is -0.465 e. The predicted molar refractivity (Wildman–Crippen MR) is 101 cm³/mol. The summed E-state index contributed by atoms with van der Waals surface area (Å²) in [4.78, 5) is 36.6. The number of fused-ring (bicyclic) bond motifs is 1. The number of hydrogen-bond acceptors (Lipinski definition) is 3. The summed E-state index contributed by atoms with van der Waals surface area (Å²) in [7, 11) is 0. The molecular formula is C19H25N3O4. The van der Waals surface area contributed by atoms with E-state index in [9.17, 15) is 14.4 Å². The Hall–Kier alpha value is -2.57. The maximum atomic E-state index is 12.9. The fourth-order valence-electron chi connectivity index (χ4n) is 3.92. The second kappa shape index (κ2) is 7.76. The largest absolute Gasteiger partial charge is 0.465 e. The van der Waals surface area contributed by atoms with E-state index in [2.05, 4.69) is 5.32 Å². The van der Waals surface area contributed by atoms with E-state index in [4.69, 9.17) is 5.11 Å². The predicted octanol–water partition coefficient (Wildman–Crippen LogP) is 3.24. The van der Waals surface area contributed by atoms with Crippen LogP contribution in [0, 0.1) is 5.92 Å². The van der Waals surface area contributed by atoms with Crippen LogP contribution >= 0.6 is 0 Å². The van der Waals surface area contributed by atoms with E-state index in [0.717, 1.165) is 19.3 Å². The van der Waals surface area contributed by atoms with Crippen LogP contribution in [0.3, 0.4) is 0 Å². The van der Waals surface area contributed by atoms with Crippen molar-refractivity contribution in [1.29, 1.82) is 0 Å². The fourth-order valence-corrected chi connectivity index (χ4v) is 3.92. The number of rotatable bonds is 5. The lowest BCUT2D eigenvalue weighted by atomic mass is 9.87. The van der Waals surface area contributed by atoms with Gasteiger partial charge in [-0.15, -0.1) is 0 Å². The van der Waals surface area contributed by atoms with Crippen molar-refractivity contribution in [1.82, 2.24) is 9.13 Å². The molecule has 7 heteroatoms. The summed E-state index contributed by atoms with van der Waals surface area (Å²) in [5.74, 6) is 0.570. The molecule has 26 heavy (non-hydrogen) atoms. The molecule has 0 radical (unpaired) electrons. The van der Waals surface area contributed by atoms with E-state index in [1.807, 2.05) is 6.92 Å². The SMILES string of the molecule is CCn1c(=O)n(CCC2CCCCC2)c(=O)c2cc(NC(=O)O)ccc21. The van der Waals surface area contributed by atoms with E-state index in [1.165, 1.54) is 29.9 Å². The number of amides is 1. The van der Waals surface area contributed by atoms with E-state index >= 15 is 0 Å². The van der Waals surface area contributed by atoms with Crippen molar-refractivity contribution in [3.8, 4) is 0 Å². The number of aryl methyl sites for hydroxylation is 1. The summed E-state index contributed by atoms with van der Waals surface area (Å²) in [6.07, 6.45) is 5.69. The molecule has 0 bridgehead atoms. The summed E-state index contributed by atoms with van der Waals surface area (Å²) in [6, 6.07) is 4.70. The van der Waals surface area contributed by atoms with Crippen molar-refractivity contribution in [2.75, 3.05) is 5.32 Å². The Balaban J connectivity index is 2.02. The first-order chi connectivity index (χ1) is 12.5. The molecule has 140 valence electrons. The Labute approximate surface area is 151 Å². The van der Waals surface area contributed by atoms with E-state index in [0.29, 0.717) is 35.6 Å². The molecule has 0 unspecified atom stereocenters. The molecule has 1 saturated carbocycles. The number of aromatic nitrogens is 2. The molecule has 1 aromatic heterocycles. The minimum atomic E-state index is -1.19. The lowest BCUT2D eigenvalue weighted by Crippen LogP contribution is -2.40. The second-order valence-electron chi connectivity index (χ2n) is 6.94. The zero-order valence-corrected chi connectivity index (χ0v) is 15.0. The van der Waals surface area contributed by atoms with Gasteiger partial charge in [-0.3, -0.25) is 19.2 Å². The molecule has 1 amide bonds. The van der Waals surface area contributed by atoms with Crippen LogP contribution in [-0.2, 0) is 13.1 Å². The first kappa shape index (κ1) is 18.2. The fraction of sp³-hybridized carbons (Fsp3) is 0.526. The number of nitrogens with zero attached hydrogens (tertiary/aromatic N) is 2. The topological polar surface area (TPSA) is 93.3 Å². The molecule has 0 saturated heterocycles. The average Bonchev–Trinajstić information content (AvgIpc) is 2.63. The van der Waals surface area contributed by atoms with Crippen LogP contribution in [-0.4, -0.2) is 20.3 Å². The maximum absolute atomic E-state index is 12.9. The molecule has 1 fully saturated rings. The Bertz CT molecular complexity index is 923. The van der Waals surface area contributed by atoms with Gasteiger partial charge in [-0.25, -0.2) is 9.59 Å². The first-order valence-electron chi connectivity index (χ1n) is 9.28. The average molecular weight is 359 g/mol. The maximum Gasteiger partial charge on any atom is 0.409 e. The first-order valence-corrected chi connectivity index (χ1v) is 9.28. The molecule has 3 rings (SSSR count). The third-order valence-corrected chi connectivity index (χ3v) is 5.28. The molecule has 0 atom stereocenters. The summed E-state index contributed by atoms with van der Waals surface area (Å²) < 4.78 is 2.88. The molecule has 0 aliphatic heterocycles. The number of anilines is 1. The normalized spacial score (nSPS) is 15.3. The molecule has 1 aromatic carbocycles. The van der Waals surface area contributed by atoms with E-state index < -0.39 is 6.09 Å². The van der Waals surface area contributed by atoms with E-state index in [-0.39, 0.29) is 11.2 Å². The lowest BCUT2D eigenvalue weighted by Gasteiger charge is -2.22. The van der Waals surface area contributed by atoms with Gasteiger partial charge >= 0.3 is 11.8 Å². The van der Waals surface area contributed by atoms with Crippen molar-refractivity contribution in [2.24, 2.45) is 5.92 Å². The third kappa shape index (κ3) is 3.66. The van der Waals surface area contributed by atoms with Crippen molar-refractivity contribution >= 4 is 22.7 Å². The van der Waals surface area contributed by atoms with Gasteiger partial charge in [0.05, 0.1) is 10.9 Å².